The molecule has 7 heteroatoms. The van der Waals surface area contributed by atoms with Gasteiger partial charge in [-0.15, -0.1) is 0 Å². The molecule has 0 saturated heterocycles. The molecule has 0 aliphatic heterocycles. The molecular weight excluding hydrogens is 348 g/mol. The van der Waals surface area contributed by atoms with E-state index in [0.717, 1.165) is 22.8 Å². The molecule has 1 N–H and O–H groups in total. The fourth-order valence-corrected chi connectivity index (χ4v) is 1.75. The van der Waals surface area contributed by atoms with E-state index < -0.39 is 0 Å². The number of pyridine rings is 1. The predicted octanol–water partition coefficient (Wildman–Crippen LogP) is 2.66. The van der Waals surface area contributed by atoms with Crippen LogP contribution in [-0.2, 0) is 29.3 Å². The van der Waals surface area contributed by atoms with E-state index in [9.17, 15) is 0 Å². The Kier molecular flexibility index (Phi) is 7.52. The molecule has 0 aliphatic carbocycles. The number of aromatic nitrogens is 1. The Labute approximate surface area is 145 Å². The minimum atomic E-state index is 0. The number of hydrogen-bond donors (Lipinski definition) is 1. The second kappa shape index (κ2) is 9.15. The van der Waals surface area contributed by atoms with E-state index in [1.807, 2.05) is 49.4 Å². The summed E-state index contributed by atoms with van der Waals surface area (Å²) in [6.07, 6.45) is 1.72. The molecule has 1 radical (unpaired) electrons. The summed E-state index contributed by atoms with van der Waals surface area (Å²) < 4.78 is 5.10. The van der Waals surface area contributed by atoms with Crippen molar-refractivity contribution in [2.45, 2.75) is 6.92 Å². The Morgan fingerprint density at radius 3 is 2.55 bits per heavy atom. The van der Waals surface area contributed by atoms with Gasteiger partial charge in [0.05, 0.1) is 12.8 Å². The zero-order valence-corrected chi connectivity index (χ0v) is 14.0. The molecule has 0 bridgehead atoms. The molecule has 1 aromatic heterocycles. The van der Waals surface area contributed by atoms with Crippen LogP contribution in [0, 0.1) is 0 Å². The Balaban J connectivity index is 0.00000242. The van der Waals surface area contributed by atoms with E-state index in [0.29, 0.717) is 5.11 Å². The van der Waals surface area contributed by atoms with Crippen molar-refractivity contribution in [3.05, 3.63) is 59.8 Å². The Morgan fingerprint density at radius 1 is 1.23 bits per heavy atom. The Bertz CT molecular complexity index is 632. The van der Waals surface area contributed by atoms with Gasteiger partial charge in [0.25, 0.3) is 0 Å². The molecule has 5 nitrogen and oxygen atoms in total. The van der Waals surface area contributed by atoms with E-state index in [4.69, 9.17) is 4.74 Å². The molecule has 0 unspecified atom stereocenters. The fraction of sp³-hybridized carbons (Fsp3) is 0.133. The normalized spacial score (nSPS) is 10.4. The van der Waals surface area contributed by atoms with Crippen molar-refractivity contribution in [3.63, 3.8) is 0 Å². The third kappa shape index (κ3) is 5.44. The maximum atomic E-state index is 5.10. The van der Waals surface area contributed by atoms with Crippen molar-refractivity contribution in [1.82, 2.24) is 4.98 Å². The van der Waals surface area contributed by atoms with Gasteiger partial charge in [0, 0.05) is 17.6 Å². The molecule has 2 aromatic rings. The molecule has 0 amide bonds. The van der Waals surface area contributed by atoms with E-state index in [-0.39, 0.29) is 17.1 Å². The van der Waals surface area contributed by atoms with E-state index in [1.165, 1.54) is 0 Å². The third-order valence-corrected chi connectivity index (χ3v) is 2.88. The van der Waals surface area contributed by atoms with Gasteiger partial charge in [0.1, 0.15) is 5.75 Å². The van der Waals surface area contributed by atoms with E-state index >= 15 is 0 Å². The summed E-state index contributed by atoms with van der Waals surface area (Å²) >= 11 is 4.26. The minimum absolute atomic E-state index is 0. The van der Waals surface area contributed by atoms with Crippen LogP contribution in [0.4, 0.5) is 5.69 Å². The van der Waals surface area contributed by atoms with Gasteiger partial charge in [-0.2, -0.15) is 0 Å². The molecule has 0 fully saturated rings. The van der Waals surface area contributed by atoms with Crippen LogP contribution in [0.25, 0.3) is 5.43 Å². The largest absolute Gasteiger partial charge is 2.00 e. The summed E-state index contributed by atoms with van der Waals surface area (Å²) in [4.78, 5) is 4.20. The Hall–Kier alpha value is -1.95. The first-order chi connectivity index (χ1) is 10.2. The molecule has 0 aliphatic rings. The SMILES string of the molecule is COc1ccc(NC(=[SH+])[N-]N=C(C)c2ccccn2)cc1.[Cu+2]. The van der Waals surface area contributed by atoms with Crippen molar-refractivity contribution in [1.29, 1.82) is 0 Å². The van der Waals surface area contributed by atoms with Crippen LogP contribution in [0.15, 0.2) is 53.8 Å². The van der Waals surface area contributed by atoms with Crippen LogP contribution in [0.5, 0.6) is 5.75 Å². The first-order valence-corrected chi connectivity index (χ1v) is 6.77. The second-order valence-corrected chi connectivity index (χ2v) is 4.60. The van der Waals surface area contributed by atoms with Crippen molar-refractivity contribution in [2.75, 3.05) is 12.4 Å². The summed E-state index contributed by atoms with van der Waals surface area (Å²) in [5.74, 6) is 0.794. The van der Waals surface area contributed by atoms with Crippen LogP contribution in [0.1, 0.15) is 12.6 Å². The summed E-state index contributed by atoms with van der Waals surface area (Å²) in [5.41, 5.74) is 6.39. The summed E-state index contributed by atoms with van der Waals surface area (Å²) in [6.45, 7) is 1.85. The summed E-state index contributed by atoms with van der Waals surface area (Å²) in [7, 11) is 1.63. The number of thiol groups is 1. The zero-order valence-electron chi connectivity index (χ0n) is 12.1. The number of methoxy groups -OCH3 is 1. The molecule has 0 spiro atoms. The quantitative estimate of drug-likeness (QED) is 0.227. The molecule has 0 saturated carbocycles. The van der Waals surface area contributed by atoms with Crippen LogP contribution in [0.2, 0.25) is 0 Å². The van der Waals surface area contributed by atoms with Crippen LogP contribution in [-0.4, -0.2) is 22.9 Å². The standard InChI is InChI=1S/C15H16N4OS.Cu/c1-11(14-5-3-4-10-16-14)18-19-15(21)17-12-6-8-13(20-2)9-7-12;/h3-10H,1-2H3,(H2,16,17,19,21);/q;+2. The molecular formula is C15H16CuN4OS+2. The van der Waals surface area contributed by atoms with Crippen molar-refractivity contribution < 1.29 is 21.8 Å². The van der Waals surface area contributed by atoms with Crippen molar-refractivity contribution in [3.8, 4) is 5.75 Å². The van der Waals surface area contributed by atoms with Gasteiger partial charge in [-0.05, 0) is 43.3 Å². The molecule has 117 valence electrons. The zero-order chi connectivity index (χ0) is 15.1. The molecule has 0 atom stereocenters. The molecule has 22 heavy (non-hydrogen) atoms. The van der Waals surface area contributed by atoms with Gasteiger partial charge in [0.15, 0.2) is 12.2 Å². The minimum Gasteiger partial charge on any atom is -0.509 e. The van der Waals surface area contributed by atoms with Gasteiger partial charge >= 0.3 is 17.1 Å². The number of rotatable bonds is 4. The van der Waals surface area contributed by atoms with Gasteiger partial charge < -0.3 is 20.6 Å². The first-order valence-electron chi connectivity index (χ1n) is 6.33. The first kappa shape index (κ1) is 18.1. The van der Waals surface area contributed by atoms with Crippen LogP contribution >= 0.6 is 0 Å². The molecule has 1 aromatic carbocycles. The number of nitrogens with one attached hydrogen (secondary N) is 1. The second-order valence-electron chi connectivity index (χ2n) is 4.18. The summed E-state index contributed by atoms with van der Waals surface area (Å²) in [6, 6.07) is 13.1. The maximum absolute atomic E-state index is 5.10. The fourth-order valence-electron chi connectivity index (χ4n) is 1.58. The van der Waals surface area contributed by atoms with Crippen LogP contribution < -0.4 is 10.1 Å². The smallest absolute Gasteiger partial charge is 0.509 e. The average Bonchev–Trinajstić information content (AvgIpc) is 2.54. The Morgan fingerprint density at radius 2 is 1.95 bits per heavy atom. The monoisotopic (exact) mass is 363 g/mol. The van der Waals surface area contributed by atoms with Crippen LogP contribution in [0.3, 0.4) is 0 Å². The maximum Gasteiger partial charge on any atom is 2.00 e. The topological polar surface area (TPSA) is 60.6 Å². The van der Waals surface area contributed by atoms with Gasteiger partial charge in [0.2, 0.25) is 5.11 Å². The van der Waals surface area contributed by atoms with Gasteiger partial charge in [-0.25, -0.2) is 0 Å². The average molecular weight is 364 g/mol. The predicted molar refractivity (Wildman–Crippen MR) is 90.2 cm³/mol. The third-order valence-electron chi connectivity index (χ3n) is 2.68. The van der Waals surface area contributed by atoms with E-state index in [2.05, 4.69) is 33.0 Å². The molecule has 1 heterocycles. The number of nitrogens with zero attached hydrogens (tertiary/aromatic N) is 3. The number of ether oxygens (including phenoxy) is 1. The number of benzene rings is 1. The number of hydrogen-bond acceptors (Lipinski definition) is 3. The van der Waals surface area contributed by atoms with Gasteiger partial charge in [-0.1, -0.05) is 6.07 Å². The van der Waals surface area contributed by atoms with Crippen molar-refractivity contribution >= 4 is 28.7 Å². The van der Waals surface area contributed by atoms with Gasteiger partial charge in [-0.3, -0.25) is 4.98 Å². The summed E-state index contributed by atoms with van der Waals surface area (Å²) in [5, 5.41) is 7.53. The number of anilines is 1. The van der Waals surface area contributed by atoms with E-state index in [1.54, 1.807) is 13.3 Å². The molecule has 2 rings (SSSR count). The van der Waals surface area contributed by atoms with Crippen molar-refractivity contribution in [2.24, 2.45) is 5.10 Å².